The van der Waals surface area contributed by atoms with Crippen molar-refractivity contribution in [3.8, 4) is 0 Å². The van der Waals surface area contributed by atoms with E-state index in [-0.39, 0.29) is 5.91 Å². The highest BCUT2D eigenvalue weighted by Gasteiger charge is 2.22. The van der Waals surface area contributed by atoms with Crippen molar-refractivity contribution in [3.63, 3.8) is 0 Å². The molecule has 0 aromatic carbocycles. The summed E-state index contributed by atoms with van der Waals surface area (Å²) in [6, 6.07) is 0. The van der Waals surface area contributed by atoms with Gasteiger partial charge in [-0.05, 0) is 19.8 Å². The number of hydrogen-bond acceptors (Lipinski definition) is 3. The Morgan fingerprint density at radius 2 is 2.13 bits per heavy atom. The van der Waals surface area contributed by atoms with Crippen molar-refractivity contribution >= 4 is 17.5 Å². The van der Waals surface area contributed by atoms with Crippen LogP contribution in [0.3, 0.4) is 0 Å². The van der Waals surface area contributed by atoms with Gasteiger partial charge in [0.15, 0.2) is 5.69 Å². The first-order valence-corrected chi connectivity index (χ1v) is 5.34. The molecule has 4 nitrogen and oxygen atoms in total. The third-order valence-corrected chi connectivity index (χ3v) is 2.74. The molecule has 0 aliphatic carbocycles. The monoisotopic (exact) mass is 225 g/mol. The average molecular weight is 226 g/mol. The number of aryl methyl sites for hydroxylation is 1. The number of halogens is 1. The van der Waals surface area contributed by atoms with Crippen LogP contribution in [0.4, 0.5) is 0 Å². The molecule has 80 valence electrons. The molecule has 0 spiro atoms. The first-order valence-electron chi connectivity index (χ1n) is 4.97. The molecule has 0 radical (unpaired) electrons. The van der Waals surface area contributed by atoms with Gasteiger partial charge in [-0.2, -0.15) is 0 Å². The van der Waals surface area contributed by atoms with Crippen molar-refractivity contribution in [1.82, 2.24) is 14.9 Å². The Bertz CT molecular complexity index is 388. The fourth-order valence-corrected chi connectivity index (χ4v) is 1.85. The summed E-state index contributed by atoms with van der Waals surface area (Å²) in [6.45, 7) is 3.35. The van der Waals surface area contributed by atoms with E-state index in [0.717, 1.165) is 25.9 Å². The highest BCUT2D eigenvalue weighted by Crippen LogP contribution is 2.17. The Morgan fingerprint density at radius 1 is 1.47 bits per heavy atom. The fourth-order valence-electron chi connectivity index (χ4n) is 1.68. The maximum absolute atomic E-state index is 12.0. The molecule has 0 atom stereocenters. The number of likely N-dealkylation sites (tertiary alicyclic amines) is 1. The van der Waals surface area contributed by atoms with E-state index in [0.29, 0.717) is 16.5 Å². The van der Waals surface area contributed by atoms with Gasteiger partial charge in [-0.15, -0.1) is 0 Å². The van der Waals surface area contributed by atoms with Gasteiger partial charge in [0.25, 0.3) is 5.91 Å². The Labute approximate surface area is 93.3 Å². The standard InChI is InChI=1S/C10H12ClN3O/c1-7-12-6-8(11)9(13-7)10(15)14-4-2-3-5-14/h6H,2-5H2,1H3. The molecule has 1 saturated heterocycles. The number of rotatable bonds is 1. The van der Waals surface area contributed by atoms with E-state index in [2.05, 4.69) is 9.97 Å². The van der Waals surface area contributed by atoms with Crippen LogP contribution in [0.1, 0.15) is 29.2 Å². The van der Waals surface area contributed by atoms with Gasteiger partial charge in [0.2, 0.25) is 0 Å². The fraction of sp³-hybridized carbons (Fsp3) is 0.500. The minimum absolute atomic E-state index is 0.0806. The number of carbonyl (C=O) groups is 1. The predicted molar refractivity (Wildman–Crippen MR) is 56.9 cm³/mol. The van der Waals surface area contributed by atoms with Crippen molar-refractivity contribution in [3.05, 3.63) is 22.7 Å². The Balaban J connectivity index is 2.27. The highest BCUT2D eigenvalue weighted by molar-refractivity contribution is 6.33. The molecule has 1 fully saturated rings. The van der Waals surface area contributed by atoms with Crippen LogP contribution in [0.25, 0.3) is 0 Å². The van der Waals surface area contributed by atoms with Crippen LogP contribution in [-0.4, -0.2) is 33.9 Å². The van der Waals surface area contributed by atoms with Crippen molar-refractivity contribution < 1.29 is 4.79 Å². The molecule has 1 aromatic heterocycles. The van der Waals surface area contributed by atoms with E-state index in [1.807, 2.05) is 0 Å². The third-order valence-electron chi connectivity index (χ3n) is 2.46. The van der Waals surface area contributed by atoms with Gasteiger partial charge in [0.1, 0.15) is 5.82 Å². The molecular formula is C10H12ClN3O. The molecule has 5 heteroatoms. The maximum Gasteiger partial charge on any atom is 0.274 e. The van der Waals surface area contributed by atoms with Gasteiger partial charge in [0.05, 0.1) is 11.2 Å². The quantitative estimate of drug-likeness (QED) is 0.731. The zero-order chi connectivity index (χ0) is 10.8. The summed E-state index contributed by atoms with van der Waals surface area (Å²) in [5.74, 6) is 0.491. The zero-order valence-corrected chi connectivity index (χ0v) is 9.29. The molecule has 2 heterocycles. The van der Waals surface area contributed by atoms with Crippen LogP contribution in [0.15, 0.2) is 6.20 Å². The van der Waals surface area contributed by atoms with Gasteiger partial charge >= 0.3 is 0 Å². The SMILES string of the molecule is Cc1ncc(Cl)c(C(=O)N2CCCC2)n1. The van der Waals surface area contributed by atoms with Gasteiger partial charge in [-0.3, -0.25) is 4.79 Å². The molecule has 0 unspecified atom stereocenters. The summed E-state index contributed by atoms with van der Waals surface area (Å²) >= 11 is 5.90. The average Bonchev–Trinajstić information content (AvgIpc) is 2.74. The number of carbonyl (C=O) groups excluding carboxylic acids is 1. The Kier molecular flexibility index (Phi) is 2.86. The van der Waals surface area contributed by atoms with Crippen LogP contribution < -0.4 is 0 Å². The van der Waals surface area contributed by atoms with Crippen LogP contribution >= 0.6 is 11.6 Å². The number of nitrogens with zero attached hydrogens (tertiary/aromatic N) is 3. The zero-order valence-electron chi connectivity index (χ0n) is 8.53. The van der Waals surface area contributed by atoms with E-state index >= 15 is 0 Å². The summed E-state index contributed by atoms with van der Waals surface area (Å²) in [5.41, 5.74) is 0.325. The lowest BCUT2D eigenvalue weighted by atomic mass is 10.3. The Morgan fingerprint density at radius 3 is 2.80 bits per heavy atom. The van der Waals surface area contributed by atoms with Crippen LogP contribution in [-0.2, 0) is 0 Å². The molecule has 0 saturated carbocycles. The predicted octanol–water partition coefficient (Wildman–Crippen LogP) is 1.67. The summed E-state index contributed by atoms with van der Waals surface area (Å²) in [4.78, 5) is 21.8. The first kappa shape index (κ1) is 10.4. The topological polar surface area (TPSA) is 46.1 Å². The molecule has 2 rings (SSSR count). The molecule has 1 aliphatic rings. The van der Waals surface area contributed by atoms with Crippen molar-refractivity contribution in [1.29, 1.82) is 0 Å². The Hall–Kier alpha value is -1.16. The second-order valence-corrected chi connectivity index (χ2v) is 4.02. The summed E-state index contributed by atoms with van der Waals surface area (Å²) in [7, 11) is 0. The van der Waals surface area contributed by atoms with E-state index in [1.165, 1.54) is 6.20 Å². The van der Waals surface area contributed by atoms with Gasteiger partial charge in [0, 0.05) is 13.1 Å². The largest absolute Gasteiger partial charge is 0.337 e. The van der Waals surface area contributed by atoms with Gasteiger partial charge in [-0.1, -0.05) is 11.6 Å². The van der Waals surface area contributed by atoms with Crippen molar-refractivity contribution in [2.45, 2.75) is 19.8 Å². The number of amides is 1. The second kappa shape index (κ2) is 4.14. The minimum atomic E-state index is -0.0806. The summed E-state index contributed by atoms with van der Waals surface area (Å²) in [5, 5.41) is 0.331. The highest BCUT2D eigenvalue weighted by atomic mass is 35.5. The lowest BCUT2D eigenvalue weighted by Gasteiger charge is -2.15. The minimum Gasteiger partial charge on any atom is -0.337 e. The lowest BCUT2D eigenvalue weighted by molar-refractivity contribution is 0.0786. The summed E-state index contributed by atoms with van der Waals surface area (Å²) in [6.07, 6.45) is 3.61. The molecule has 0 bridgehead atoms. The number of aromatic nitrogens is 2. The van der Waals surface area contributed by atoms with E-state index < -0.39 is 0 Å². The molecule has 1 amide bonds. The third kappa shape index (κ3) is 2.09. The molecule has 15 heavy (non-hydrogen) atoms. The molecule has 1 aromatic rings. The maximum atomic E-state index is 12.0. The van der Waals surface area contributed by atoms with Crippen molar-refractivity contribution in [2.24, 2.45) is 0 Å². The molecule has 0 N–H and O–H groups in total. The normalized spacial score (nSPS) is 15.7. The summed E-state index contributed by atoms with van der Waals surface area (Å²) < 4.78 is 0. The molecule has 1 aliphatic heterocycles. The van der Waals surface area contributed by atoms with Gasteiger partial charge < -0.3 is 4.90 Å². The van der Waals surface area contributed by atoms with E-state index in [4.69, 9.17) is 11.6 Å². The van der Waals surface area contributed by atoms with E-state index in [1.54, 1.807) is 11.8 Å². The lowest BCUT2D eigenvalue weighted by Crippen LogP contribution is -2.28. The van der Waals surface area contributed by atoms with E-state index in [9.17, 15) is 4.79 Å². The molecular weight excluding hydrogens is 214 g/mol. The number of hydrogen-bond donors (Lipinski definition) is 0. The van der Waals surface area contributed by atoms with Crippen LogP contribution in [0.5, 0.6) is 0 Å². The van der Waals surface area contributed by atoms with Crippen LogP contribution in [0.2, 0.25) is 5.02 Å². The second-order valence-electron chi connectivity index (χ2n) is 3.61. The smallest absolute Gasteiger partial charge is 0.274 e. The van der Waals surface area contributed by atoms with Crippen molar-refractivity contribution in [2.75, 3.05) is 13.1 Å². The van der Waals surface area contributed by atoms with Gasteiger partial charge in [-0.25, -0.2) is 9.97 Å². The first-order chi connectivity index (χ1) is 7.18. The van der Waals surface area contributed by atoms with Crippen LogP contribution in [0, 0.1) is 6.92 Å².